The van der Waals surface area contributed by atoms with Gasteiger partial charge in [0.2, 0.25) is 0 Å². The maximum Gasteiger partial charge on any atom is 0.298 e. The lowest BCUT2D eigenvalue weighted by Gasteiger charge is -2.12. The zero-order valence-corrected chi connectivity index (χ0v) is 13.4. The molecule has 2 aromatic rings. The predicted molar refractivity (Wildman–Crippen MR) is 77.8 cm³/mol. The highest BCUT2D eigenvalue weighted by molar-refractivity contribution is 7.89. The van der Waals surface area contributed by atoms with Crippen molar-refractivity contribution < 1.29 is 38.9 Å². The highest BCUT2D eigenvalue weighted by Crippen LogP contribution is 2.35. The fourth-order valence-electron chi connectivity index (χ4n) is 1.97. The second-order valence-electron chi connectivity index (χ2n) is 4.43. The van der Waals surface area contributed by atoms with Gasteiger partial charge in [0.05, 0.1) is 10.6 Å². The van der Waals surface area contributed by atoms with Gasteiger partial charge in [-0.05, 0) is 23.6 Å². The lowest BCUT2D eigenvalue weighted by molar-refractivity contribution is 0.467. The molecule has 0 bridgehead atoms. The molecule has 0 saturated heterocycles. The molecule has 0 radical (unpaired) electrons. The van der Waals surface area contributed by atoms with E-state index >= 15 is 0 Å². The van der Waals surface area contributed by atoms with E-state index in [4.69, 9.17) is 19.4 Å². The third-order valence-electron chi connectivity index (χ3n) is 2.90. The topological polar surface area (TPSA) is 189 Å². The van der Waals surface area contributed by atoms with Gasteiger partial charge in [0.25, 0.3) is 30.4 Å². The Morgan fingerprint density at radius 3 is 1.78 bits per heavy atom. The molecule has 0 aliphatic rings. The molecule has 0 saturated carbocycles. The Hall–Kier alpha value is -1.77. The van der Waals surface area contributed by atoms with Gasteiger partial charge in [-0.2, -0.15) is 25.3 Å². The number of nitrogen functional groups attached to an aromatic ring is 1. The average molecular weight is 383 g/mol. The average Bonchev–Trinajstić information content (AvgIpc) is 2.34. The molecule has 0 aliphatic heterocycles. The Labute approximate surface area is 130 Å². The van der Waals surface area contributed by atoms with Crippen molar-refractivity contribution in [3.63, 3.8) is 0 Å². The molecule has 23 heavy (non-hydrogen) atoms. The van der Waals surface area contributed by atoms with Crippen LogP contribution < -0.4 is 5.73 Å². The van der Waals surface area contributed by atoms with Gasteiger partial charge in [0.15, 0.2) is 0 Å². The molecule has 126 valence electrons. The van der Waals surface area contributed by atoms with Crippen LogP contribution in [-0.2, 0) is 30.4 Å². The third-order valence-corrected chi connectivity index (χ3v) is 5.72. The number of nitrogens with two attached hydrogens (primary N) is 1. The zero-order chi connectivity index (χ0) is 17.8. The highest BCUT2D eigenvalue weighted by Gasteiger charge is 2.29. The summed E-state index contributed by atoms with van der Waals surface area (Å²) in [7, 11) is -14.9. The van der Waals surface area contributed by atoms with Crippen LogP contribution in [0.4, 0.5) is 5.69 Å². The van der Waals surface area contributed by atoms with Crippen LogP contribution in [0.25, 0.3) is 10.8 Å². The Morgan fingerprint density at radius 2 is 1.35 bits per heavy atom. The van der Waals surface area contributed by atoms with E-state index in [2.05, 4.69) is 0 Å². The standard InChI is InChI=1S/C10H9NO9S3/c11-9-7-4-6(21(12,13)14)2-1-5(7)3-8(22(15,16)17)10(9)23(18,19)20/h1-4H,11H2,(H,12,13,14)(H,15,16,17)(H,18,19,20). The van der Waals surface area contributed by atoms with E-state index in [1.165, 1.54) is 0 Å². The Morgan fingerprint density at radius 1 is 0.783 bits per heavy atom. The molecule has 5 N–H and O–H groups in total. The first-order valence-corrected chi connectivity index (χ1v) is 9.83. The SMILES string of the molecule is Nc1c(S(=O)(=O)O)c(S(=O)(=O)O)cc2ccc(S(=O)(=O)O)cc12. The van der Waals surface area contributed by atoms with Crippen LogP contribution in [0.15, 0.2) is 39.0 Å². The number of benzene rings is 2. The second-order valence-corrected chi connectivity index (χ2v) is 8.60. The Kier molecular flexibility index (Phi) is 3.91. The van der Waals surface area contributed by atoms with E-state index in [1.807, 2.05) is 0 Å². The molecule has 0 aliphatic carbocycles. The molecule has 0 atom stereocenters. The molecular formula is C10H9NO9S3. The lowest BCUT2D eigenvalue weighted by Crippen LogP contribution is -2.12. The van der Waals surface area contributed by atoms with Crippen molar-refractivity contribution in [3.05, 3.63) is 24.3 Å². The highest BCUT2D eigenvalue weighted by atomic mass is 32.2. The predicted octanol–water partition coefficient (Wildman–Crippen LogP) is 0.162. The summed E-state index contributed by atoms with van der Waals surface area (Å²) in [6, 6.07) is 3.44. The van der Waals surface area contributed by atoms with E-state index in [9.17, 15) is 25.3 Å². The number of rotatable bonds is 3. The summed E-state index contributed by atoms with van der Waals surface area (Å²) in [6.07, 6.45) is 0. The summed E-state index contributed by atoms with van der Waals surface area (Å²) < 4.78 is 94.8. The van der Waals surface area contributed by atoms with Crippen molar-refractivity contribution in [1.29, 1.82) is 0 Å². The summed E-state index contributed by atoms with van der Waals surface area (Å²) in [5.41, 5.74) is 4.72. The van der Waals surface area contributed by atoms with Crippen LogP contribution >= 0.6 is 0 Å². The van der Waals surface area contributed by atoms with Gasteiger partial charge in [-0.1, -0.05) is 6.07 Å². The zero-order valence-electron chi connectivity index (χ0n) is 10.9. The summed E-state index contributed by atoms with van der Waals surface area (Å²) in [4.78, 5) is -3.08. The number of fused-ring (bicyclic) bond motifs is 1. The lowest BCUT2D eigenvalue weighted by atomic mass is 10.1. The Bertz CT molecular complexity index is 1130. The van der Waals surface area contributed by atoms with E-state index in [1.54, 1.807) is 0 Å². The molecule has 2 rings (SSSR count). The van der Waals surface area contributed by atoms with Gasteiger partial charge in [0, 0.05) is 5.39 Å². The van der Waals surface area contributed by atoms with Gasteiger partial charge < -0.3 is 5.73 Å². The minimum Gasteiger partial charge on any atom is -0.397 e. The van der Waals surface area contributed by atoms with Crippen LogP contribution in [0.5, 0.6) is 0 Å². The fourth-order valence-corrected chi connectivity index (χ4v) is 4.43. The molecule has 13 heteroatoms. The van der Waals surface area contributed by atoms with Crippen LogP contribution in [0.3, 0.4) is 0 Å². The number of hydrogen-bond donors (Lipinski definition) is 4. The van der Waals surface area contributed by atoms with Crippen molar-refractivity contribution in [2.45, 2.75) is 14.7 Å². The monoisotopic (exact) mass is 383 g/mol. The molecule has 0 aromatic heterocycles. The van der Waals surface area contributed by atoms with Crippen molar-refractivity contribution in [1.82, 2.24) is 0 Å². The van der Waals surface area contributed by atoms with Crippen LogP contribution in [0.1, 0.15) is 0 Å². The first kappa shape index (κ1) is 17.6. The third kappa shape index (κ3) is 3.29. The molecule has 0 heterocycles. The quantitative estimate of drug-likeness (QED) is 0.419. The summed E-state index contributed by atoms with van der Waals surface area (Å²) >= 11 is 0. The number of hydrogen-bond acceptors (Lipinski definition) is 7. The molecular weight excluding hydrogens is 374 g/mol. The van der Waals surface area contributed by atoms with E-state index < -0.39 is 50.7 Å². The summed E-state index contributed by atoms with van der Waals surface area (Å²) in [5, 5.41) is -0.310. The van der Waals surface area contributed by atoms with Crippen LogP contribution in [0.2, 0.25) is 0 Å². The van der Waals surface area contributed by atoms with Gasteiger partial charge in [0.1, 0.15) is 9.79 Å². The number of anilines is 1. The molecule has 0 fully saturated rings. The maximum absolute atomic E-state index is 11.4. The first-order chi connectivity index (χ1) is 10.2. The van der Waals surface area contributed by atoms with Crippen molar-refractivity contribution in [2.75, 3.05) is 5.73 Å². The normalized spacial score (nSPS) is 13.3. The smallest absolute Gasteiger partial charge is 0.298 e. The van der Waals surface area contributed by atoms with Crippen molar-refractivity contribution >= 4 is 46.8 Å². The largest absolute Gasteiger partial charge is 0.397 e. The molecule has 0 amide bonds. The molecule has 2 aromatic carbocycles. The maximum atomic E-state index is 11.4. The van der Waals surface area contributed by atoms with Gasteiger partial charge in [-0.15, -0.1) is 0 Å². The van der Waals surface area contributed by atoms with E-state index in [0.717, 1.165) is 18.2 Å². The minimum atomic E-state index is -5.16. The van der Waals surface area contributed by atoms with Crippen molar-refractivity contribution in [3.8, 4) is 0 Å². The first-order valence-electron chi connectivity index (χ1n) is 5.51. The van der Waals surface area contributed by atoms with Crippen LogP contribution in [-0.4, -0.2) is 38.9 Å². The Balaban J connectivity index is 3.10. The second kappa shape index (κ2) is 5.12. The van der Waals surface area contributed by atoms with Crippen molar-refractivity contribution in [2.24, 2.45) is 0 Å². The van der Waals surface area contributed by atoms with Gasteiger partial charge >= 0.3 is 0 Å². The van der Waals surface area contributed by atoms with Gasteiger partial charge in [-0.25, -0.2) is 0 Å². The van der Waals surface area contributed by atoms with Crippen LogP contribution in [0, 0.1) is 0 Å². The molecule has 0 spiro atoms. The van der Waals surface area contributed by atoms with E-state index in [0.29, 0.717) is 6.07 Å². The van der Waals surface area contributed by atoms with Gasteiger partial charge in [-0.3, -0.25) is 13.7 Å². The molecule has 10 nitrogen and oxygen atoms in total. The van der Waals surface area contributed by atoms with E-state index in [-0.39, 0.29) is 10.8 Å². The minimum absolute atomic E-state index is 0.0464. The molecule has 0 unspecified atom stereocenters. The fraction of sp³-hybridized carbons (Fsp3) is 0. The summed E-state index contributed by atoms with van der Waals surface area (Å²) in [6.45, 7) is 0. The summed E-state index contributed by atoms with van der Waals surface area (Å²) in [5.74, 6) is 0.